The van der Waals surface area contributed by atoms with Gasteiger partial charge in [-0.3, -0.25) is 4.90 Å². The van der Waals surface area contributed by atoms with E-state index in [1.807, 2.05) is 0 Å². The highest BCUT2D eigenvalue weighted by Gasteiger charge is 2.27. The third kappa shape index (κ3) is 6.11. The van der Waals surface area contributed by atoms with Crippen molar-refractivity contribution in [3.8, 4) is 16.2 Å². The summed E-state index contributed by atoms with van der Waals surface area (Å²) in [4.78, 5) is 38.2. The third-order valence-corrected chi connectivity index (χ3v) is 8.12. The highest BCUT2D eigenvalue weighted by atomic mass is 35.5. The lowest BCUT2D eigenvalue weighted by Gasteiger charge is -2.30. The number of rotatable bonds is 9. The smallest absolute Gasteiger partial charge is 0.349 e. The molecule has 2 amide bonds. The number of aromatic nitrogens is 1. The Morgan fingerprint density at radius 2 is 1.95 bits per heavy atom. The molecule has 2 aromatic heterocycles. The first-order chi connectivity index (χ1) is 18.2. The van der Waals surface area contributed by atoms with Crippen molar-refractivity contribution in [3.63, 3.8) is 0 Å². The van der Waals surface area contributed by atoms with Gasteiger partial charge in [-0.1, -0.05) is 48.2 Å². The average Bonchev–Trinajstić information content (AvgIpc) is 3.40. The Morgan fingerprint density at radius 1 is 1.21 bits per heavy atom. The van der Waals surface area contributed by atoms with Crippen molar-refractivity contribution in [2.75, 3.05) is 23.4 Å². The monoisotopic (exact) mass is 561 g/mol. The summed E-state index contributed by atoms with van der Waals surface area (Å²) in [7, 11) is 0. The molecule has 0 bridgehead atoms. The summed E-state index contributed by atoms with van der Waals surface area (Å²) in [5, 5.41) is 25.4. The molecule has 3 N–H and O–H groups in total. The van der Waals surface area contributed by atoms with Crippen LogP contribution < -0.4 is 15.0 Å². The fraction of sp³-hybridized carbons (Fsp3) is 0.385. The molecule has 1 aliphatic carbocycles. The van der Waals surface area contributed by atoms with Gasteiger partial charge in [0.2, 0.25) is 0 Å². The van der Waals surface area contributed by atoms with E-state index in [-0.39, 0.29) is 21.7 Å². The van der Waals surface area contributed by atoms with Crippen LogP contribution in [0.15, 0.2) is 28.8 Å². The van der Waals surface area contributed by atoms with Crippen LogP contribution in [0, 0.1) is 19.8 Å². The van der Waals surface area contributed by atoms with Gasteiger partial charge in [-0.15, -0.1) is 11.3 Å². The number of amides is 2. The molecule has 1 aliphatic rings. The lowest BCUT2D eigenvalue weighted by atomic mass is 9.89. The van der Waals surface area contributed by atoms with Crippen molar-refractivity contribution in [1.29, 1.82) is 0 Å². The Balaban J connectivity index is 1.70. The number of benzene rings is 1. The van der Waals surface area contributed by atoms with E-state index >= 15 is 0 Å². The average molecular weight is 562 g/mol. The maximum atomic E-state index is 13.6. The standard InChI is InChI=1S/C26H28ClN3O7S/c1-14-21(15(2)37-29-14)28-26(35)30(12-16-7-4-3-5-8-16)18-10-6-9-17(11-18)23-20(27)22(36-13-19(31)32)24(38-23)25(33)34/h6,9-11,16H,3-5,7-8,12-13H2,1-2H3,(H,28,35)(H,31,32)(H,33,34). The van der Waals surface area contributed by atoms with E-state index < -0.39 is 18.5 Å². The van der Waals surface area contributed by atoms with E-state index in [0.717, 1.165) is 37.0 Å². The van der Waals surface area contributed by atoms with Gasteiger partial charge in [-0.2, -0.15) is 0 Å². The van der Waals surface area contributed by atoms with Crippen molar-refractivity contribution in [1.82, 2.24) is 5.16 Å². The zero-order valence-electron chi connectivity index (χ0n) is 21.0. The van der Waals surface area contributed by atoms with Crippen molar-refractivity contribution in [2.45, 2.75) is 46.0 Å². The van der Waals surface area contributed by atoms with E-state index in [1.54, 1.807) is 43.0 Å². The lowest BCUT2D eigenvalue weighted by Crippen LogP contribution is -2.39. The molecule has 0 aliphatic heterocycles. The molecule has 10 nitrogen and oxygen atoms in total. The number of carbonyl (C=O) groups is 3. The van der Waals surface area contributed by atoms with E-state index in [1.165, 1.54) is 6.42 Å². The van der Waals surface area contributed by atoms with E-state index in [9.17, 15) is 19.5 Å². The van der Waals surface area contributed by atoms with Gasteiger partial charge >= 0.3 is 18.0 Å². The lowest BCUT2D eigenvalue weighted by molar-refractivity contribution is -0.139. The Bertz CT molecular complexity index is 1330. The summed E-state index contributed by atoms with van der Waals surface area (Å²) in [6, 6.07) is 6.74. The molecule has 12 heteroatoms. The summed E-state index contributed by atoms with van der Waals surface area (Å²) >= 11 is 7.37. The number of urea groups is 1. The summed E-state index contributed by atoms with van der Waals surface area (Å²) < 4.78 is 10.4. The second-order valence-corrected chi connectivity index (χ2v) is 10.6. The van der Waals surface area contributed by atoms with Crippen molar-refractivity contribution < 1.29 is 33.9 Å². The van der Waals surface area contributed by atoms with E-state index in [4.69, 9.17) is 26.0 Å². The van der Waals surface area contributed by atoms with Crippen LogP contribution in [0.1, 0.15) is 53.2 Å². The number of aromatic carboxylic acids is 1. The second kappa shape index (κ2) is 11.9. The van der Waals surface area contributed by atoms with Gasteiger partial charge in [-0.05, 0) is 50.3 Å². The minimum Gasteiger partial charge on any atom is -0.479 e. The highest BCUT2D eigenvalue weighted by molar-refractivity contribution is 7.18. The number of hydrogen-bond donors (Lipinski definition) is 3. The van der Waals surface area contributed by atoms with Gasteiger partial charge in [0.05, 0.1) is 4.88 Å². The fourth-order valence-corrected chi connectivity index (χ4v) is 5.97. The molecule has 0 saturated heterocycles. The van der Waals surface area contributed by atoms with Gasteiger partial charge in [0.25, 0.3) is 0 Å². The normalized spacial score (nSPS) is 13.8. The van der Waals surface area contributed by atoms with E-state index in [2.05, 4.69) is 10.5 Å². The van der Waals surface area contributed by atoms with E-state index in [0.29, 0.717) is 45.7 Å². The molecule has 1 aromatic carbocycles. The number of carbonyl (C=O) groups excluding carboxylic acids is 1. The largest absolute Gasteiger partial charge is 0.479 e. The summed E-state index contributed by atoms with van der Waals surface area (Å²) in [6.07, 6.45) is 5.47. The van der Waals surface area contributed by atoms with Crippen LogP contribution in [0.25, 0.3) is 10.4 Å². The van der Waals surface area contributed by atoms with Crippen LogP contribution in [0.5, 0.6) is 5.75 Å². The molecule has 0 unspecified atom stereocenters. The maximum absolute atomic E-state index is 13.6. The molecule has 2 heterocycles. The first-order valence-corrected chi connectivity index (χ1v) is 13.4. The number of nitrogens with one attached hydrogen (secondary N) is 1. The molecule has 202 valence electrons. The fourth-order valence-electron chi connectivity index (χ4n) is 4.57. The van der Waals surface area contributed by atoms with Crippen molar-refractivity contribution in [2.24, 2.45) is 5.92 Å². The SMILES string of the molecule is Cc1noc(C)c1NC(=O)N(CC1CCCCC1)c1cccc(-c2sc(C(=O)O)c(OCC(=O)O)c2Cl)c1. The van der Waals surface area contributed by atoms with Crippen LogP contribution >= 0.6 is 22.9 Å². The minimum absolute atomic E-state index is 0.00445. The van der Waals surface area contributed by atoms with Crippen LogP contribution in [-0.2, 0) is 4.79 Å². The number of carboxylic acid groups (broad SMARTS) is 2. The zero-order valence-corrected chi connectivity index (χ0v) is 22.5. The molecule has 0 radical (unpaired) electrons. The molecule has 4 rings (SSSR count). The van der Waals surface area contributed by atoms with Crippen LogP contribution in [-0.4, -0.2) is 46.5 Å². The highest BCUT2D eigenvalue weighted by Crippen LogP contribution is 2.46. The topological polar surface area (TPSA) is 142 Å². The van der Waals surface area contributed by atoms with Crippen LogP contribution in [0.4, 0.5) is 16.2 Å². The van der Waals surface area contributed by atoms with Gasteiger partial charge in [-0.25, -0.2) is 14.4 Å². The minimum atomic E-state index is -1.28. The summed E-state index contributed by atoms with van der Waals surface area (Å²) in [6.45, 7) is 3.25. The third-order valence-electron chi connectivity index (χ3n) is 6.44. The number of nitrogens with zero attached hydrogens (tertiary/aromatic N) is 2. The van der Waals surface area contributed by atoms with Crippen LogP contribution in [0.3, 0.4) is 0 Å². The van der Waals surface area contributed by atoms with Crippen LogP contribution in [0.2, 0.25) is 5.02 Å². The predicted molar refractivity (Wildman–Crippen MR) is 144 cm³/mol. The first-order valence-electron chi connectivity index (χ1n) is 12.2. The number of carboxylic acids is 2. The Labute approximate surface area is 228 Å². The van der Waals surface area contributed by atoms with Gasteiger partial charge < -0.3 is 24.8 Å². The molecule has 0 atom stereocenters. The molecular formula is C26H28ClN3O7S. The molecule has 1 fully saturated rings. The number of ether oxygens (including phenoxy) is 1. The van der Waals surface area contributed by atoms with Gasteiger partial charge in [0.15, 0.2) is 23.0 Å². The van der Waals surface area contributed by atoms with Crippen molar-refractivity contribution in [3.05, 3.63) is 45.6 Å². The summed E-state index contributed by atoms with van der Waals surface area (Å²) in [5.74, 6) is -1.89. The molecular weight excluding hydrogens is 534 g/mol. The molecule has 3 aromatic rings. The van der Waals surface area contributed by atoms with Crippen molar-refractivity contribution >= 4 is 52.3 Å². The quantitative estimate of drug-likeness (QED) is 0.270. The number of thiophene rings is 1. The zero-order chi connectivity index (χ0) is 27.4. The maximum Gasteiger partial charge on any atom is 0.349 e. The Morgan fingerprint density at radius 3 is 2.58 bits per heavy atom. The Hall–Kier alpha value is -3.57. The molecule has 38 heavy (non-hydrogen) atoms. The molecule has 1 saturated carbocycles. The number of hydrogen-bond acceptors (Lipinski definition) is 7. The number of aliphatic carboxylic acids is 1. The molecule has 0 spiro atoms. The number of anilines is 2. The predicted octanol–water partition coefficient (Wildman–Crippen LogP) is 6.45. The number of aryl methyl sites for hydroxylation is 2. The Kier molecular flexibility index (Phi) is 8.58. The number of halogens is 1. The first kappa shape index (κ1) is 27.5. The van der Waals surface area contributed by atoms with Gasteiger partial charge in [0.1, 0.15) is 16.4 Å². The second-order valence-electron chi connectivity index (χ2n) is 9.19. The van der Waals surface area contributed by atoms with Gasteiger partial charge in [0, 0.05) is 12.2 Å². The summed E-state index contributed by atoms with van der Waals surface area (Å²) in [5.41, 5.74) is 2.27.